The van der Waals surface area contributed by atoms with Crippen molar-refractivity contribution in [2.75, 3.05) is 13.1 Å². The number of hydrogen-bond acceptors (Lipinski definition) is 6. The van der Waals surface area contributed by atoms with E-state index in [2.05, 4.69) is 34.3 Å². The van der Waals surface area contributed by atoms with Crippen LogP contribution < -0.4 is 0 Å². The lowest BCUT2D eigenvalue weighted by molar-refractivity contribution is -0.121. The van der Waals surface area contributed by atoms with Crippen molar-refractivity contribution in [2.24, 2.45) is 5.92 Å². The molecular weight excluding hydrogens is 414 g/mol. The fraction of sp³-hybridized carbons (Fsp3) is 0.385. The Morgan fingerprint density at radius 2 is 1.94 bits per heavy atom. The van der Waals surface area contributed by atoms with Crippen molar-refractivity contribution in [2.45, 2.75) is 45.8 Å². The van der Waals surface area contributed by atoms with Crippen LogP contribution in [0.5, 0.6) is 0 Å². The molecule has 7 heteroatoms. The molecule has 1 aromatic carbocycles. The smallest absolute Gasteiger partial charge is 0.187 e. The molecule has 5 rings (SSSR count). The molecule has 1 N–H and O–H groups in total. The first-order chi connectivity index (χ1) is 15.9. The van der Waals surface area contributed by atoms with Crippen LogP contribution in [0.1, 0.15) is 44.4 Å². The largest absolute Gasteiger partial charge is 0.392 e. The van der Waals surface area contributed by atoms with Gasteiger partial charge in [-0.05, 0) is 42.7 Å². The molecule has 170 valence electrons. The molecule has 33 heavy (non-hydrogen) atoms. The molecule has 0 spiro atoms. The molecule has 1 aliphatic rings. The summed E-state index contributed by atoms with van der Waals surface area (Å²) in [4.78, 5) is 19.3. The first-order valence-electron chi connectivity index (χ1n) is 11.6. The van der Waals surface area contributed by atoms with Crippen LogP contribution in [0.4, 0.5) is 0 Å². The van der Waals surface area contributed by atoms with Gasteiger partial charge < -0.3 is 5.11 Å². The summed E-state index contributed by atoms with van der Waals surface area (Å²) in [7, 11) is 0. The molecule has 4 heterocycles. The standard InChI is InChI=1S/C26H29N5O2/c1-16(2)24(33)13-18-4-5-19-6-8-22(27-23(19)12-18)26-29-28-25-9-7-20(14-31(25)26)17(3)30-11-10-21(32)15-30/h4-9,12,14,16-17,21,32H,10-11,13,15H2,1-3H3/t17-,21-/m0/s1. The third-order valence-corrected chi connectivity index (χ3v) is 6.66. The monoisotopic (exact) mass is 443 g/mol. The number of aliphatic hydroxyl groups excluding tert-OH is 1. The van der Waals surface area contributed by atoms with Gasteiger partial charge in [0.2, 0.25) is 0 Å². The van der Waals surface area contributed by atoms with Crippen LogP contribution in [0.25, 0.3) is 28.1 Å². The van der Waals surface area contributed by atoms with Gasteiger partial charge in [-0.25, -0.2) is 4.98 Å². The molecule has 4 aromatic rings. The second-order valence-electron chi connectivity index (χ2n) is 9.35. The van der Waals surface area contributed by atoms with Gasteiger partial charge in [0, 0.05) is 43.1 Å². The predicted molar refractivity (Wildman–Crippen MR) is 128 cm³/mol. The molecule has 0 radical (unpaired) electrons. The quantitative estimate of drug-likeness (QED) is 0.488. The van der Waals surface area contributed by atoms with E-state index in [4.69, 9.17) is 4.98 Å². The Balaban J connectivity index is 1.50. The van der Waals surface area contributed by atoms with Crippen LogP contribution in [0.3, 0.4) is 0 Å². The Labute approximate surface area is 193 Å². The molecule has 7 nitrogen and oxygen atoms in total. The lowest BCUT2D eigenvalue weighted by atomic mass is 10.00. The molecule has 1 aliphatic heterocycles. The van der Waals surface area contributed by atoms with E-state index in [1.807, 2.05) is 54.6 Å². The highest BCUT2D eigenvalue weighted by Gasteiger charge is 2.25. The lowest BCUT2D eigenvalue weighted by Crippen LogP contribution is -2.25. The second kappa shape index (κ2) is 8.65. The van der Waals surface area contributed by atoms with Gasteiger partial charge in [0.05, 0.1) is 11.6 Å². The fourth-order valence-electron chi connectivity index (χ4n) is 4.46. The van der Waals surface area contributed by atoms with E-state index in [1.165, 1.54) is 0 Å². The van der Waals surface area contributed by atoms with Crippen LogP contribution in [-0.2, 0) is 11.2 Å². The van der Waals surface area contributed by atoms with Crippen molar-refractivity contribution in [1.82, 2.24) is 24.5 Å². The number of benzene rings is 1. The second-order valence-corrected chi connectivity index (χ2v) is 9.35. The fourth-order valence-corrected chi connectivity index (χ4v) is 4.46. The molecule has 2 atom stereocenters. The summed E-state index contributed by atoms with van der Waals surface area (Å²) in [6, 6.07) is 14.2. The summed E-state index contributed by atoms with van der Waals surface area (Å²) in [5.74, 6) is 0.926. The highest BCUT2D eigenvalue weighted by atomic mass is 16.3. The van der Waals surface area contributed by atoms with Crippen molar-refractivity contribution in [3.05, 3.63) is 59.8 Å². The number of fused-ring (bicyclic) bond motifs is 2. The first-order valence-corrected chi connectivity index (χ1v) is 11.6. The van der Waals surface area contributed by atoms with Gasteiger partial charge in [-0.1, -0.05) is 38.1 Å². The summed E-state index contributed by atoms with van der Waals surface area (Å²) >= 11 is 0. The predicted octanol–water partition coefficient (Wildman–Crippen LogP) is 3.84. The Hall–Kier alpha value is -3.16. The number of carbonyl (C=O) groups is 1. The van der Waals surface area contributed by atoms with Crippen molar-refractivity contribution >= 4 is 22.3 Å². The van der Waals surface area contributed by atoms with Crippen LogP contribution in [-0.4, -0.2) is 54.6 Å². The maximum Gasteiger partial charge on any atom is 0.187 e. The number of likely N-dealkylation sites (tertiary alicyclic amines) is 1. The number of Topliss-reactive ketones (excluding diaryl/α,β-unsaturated/α-hetero) is 1. The van der Waals surface area contributed by atoms with Crippen molar-refractivity contribution in [3.63, 3.8) is 0 Å². The summed E-state index contributed by atoms with van der Waals surface area (Å²) in [6.07, 6.45) is 3.06. The molecule has 0 bridgehead atoms. The third-order valence-electron chi connectivity index (χ3n) is 6.66. The normalized spacial score (nSPS) is 17.9. The molecule has 0 amide bonds. The number of pyridine rings is 2. The highest BCUT2D eigenvalue weighted by molar-refractivity contribution is 5.86. The molecule has 0 unspecified atom stereocenters. The zero-order chi connectivity index (χ0) is 23.1. The number of nitrogens with zero attached hydrogens (tertiary/aromatic N) is 5. The molecule has 1 fully saturated rings. The Morgan fingerprint density at radius 3 is 2.70 bits per heavy atom. The van der Waals surface area contributed by atoms with Gasteiger partial charge in [0.25, 0.3) is 0 Å². The third kappa shape index (κ3) is 4.26. The van der Waals surface area contributed by atoms with Crippen LogP contribution in [0.2, 0.25) is 0 Å². The van der Waals surface area contributed by atoms with E-state index < -0.39 is 0 Å². The van der Waals surface area contributed by atoms with Gasteiger partial charge in [-0.3, -0.25) is 14.1 Å². The molecule has 0 saturated carbocycles. The average Bonchev–Trinajstić information content (AvgIpc) is 3.43. The first kappa shape index (κ1) is 21.7. The minimum absolute atomic E-state index is 0.0164. The van der Waals surface area contributed by atoms with Gasteiger partial charge in [-0.2, -0.15) is 0 Å². The van der Waals surface area contributed by atoms with Crippen LogP contribution in [0, 0.1) is 5.92 Å². The van der Waals surface area contributed by atoms with Crippen molar-refractivity contribution in [1.29, 1.82) is 0 Å². The number of aliphatic hydroxyl groups is 1. The topological polar surface area (TPSA) is 83.6 Å². The van der Waals surface area contributed by atoms with E-state index in [-0.39, 0.29) is 23.8 Å². The number of carbonyl (C=O) groups excluding carboxylic acids is 1. The Bertz CT molecular complexity index is 1330. The minimum atomic E-state index is -0.246. The van der Waals surface area contributed by atoms with Gasteiger partial charge in [0.15, 0.2) is 11.5 Å². The molecule has 1 saturated heterocycles. The average molecular weight is 444 g/mol. The van der Waals surface area contributed by atoms with E-state index in [9.17, 15) is 9.90 Å². The lowest BCUT2D eigenvalue weighted by Gasteiger charge is -2.24. The van der Waals surface area contributed by atoms with Gasteiger partial charge in [-0.15, -0.1) is 10.2 Å². The van der Waals surface area contributed by atoms with Gasteiger partial charge >= 0.3 is 0 Å². The summed E-state index contributed by atoms with van der Waals surface area (Å²) in [6.45, 7) is 7.61. The zero-order valence-electron chi connectivity index (χ0n) is 19.3. The zero-order valence-corrected chi connectivity index (χ0v) is 19.3. The molecule has 0 aliphatic carbocycles. The van der Waals surface area contributed by atoms with E-state index in [1.54, 1.807) is 0 Å². The van der Waals surface area contributed by atoms with Gasteiger partial charge in [0.1, 0.15) is 11.5 Å². The summed E-state index contributed by atoms with van der Waals surface area (Å²) < 4.78 is 1.98. The number of aromatic nitrogens is 4. The Morgan fingerprint density at radius 1 is 1.12 bits per heavy atom. The van der Waals surface area contributed by atoms with Crippen LogP contribution >= 0.6 is 0 Å². The molecule has 3 aromatic heterocycles. The molecular formula is C26H29N5O2. The minimum Gasteiger partial charge on any atom is -0.392 e. The number of β-amino-alcohol motifs (C(OH)–C–C–N with tert-alkyl or cyclic N) is 1. The van der Waals surface area contributed by atoms with E-state index >= 15 is 0 Å². The SMILES string of the molecule is CC(C)C(=O)Cc1ccc2ccc(-c3nnc4ccc([C@H](C)N5CC[C@H](O)C5)cn34)nc2c1. The Kier molecular flexibility index (Phi) is 5.68. The summed E-state index contributed by atoms with van der Waals surface area (Å²) in [5.41, 5.74) is 4.46. The maximum absolute atomic E-state index is 12.2. The highest BCUT2D eigenvalue weighted by Crippen LogP contribution is 2.27. The van der Waals surface area contributed by atoms with Crippen molar-refractivity contribution < 1.29 is 9.90 Å². The number of ketones is 1. The number of hydrogen-bond donors (Lipinski definition) is 1. The van der Waals surface area contributed by atoms with Crippen LogP contribution in [0.15, 0.2) is 48.7 Å². The van der Waals surface area contributed by atoms with Crippen molar-refractivity contribution in [3.8, 4) is 11.5 Å². The number of rotatable bonds is 6. The van der Waals surface area contributed by atoms with E-state index in [0.717, 1.165) is 46.3 Å². The maximum atomic E-state index is 12.2. The summed E-state index contributed by atoms with van der Waals surface area (Å²) in [5, 5.41) is 19.7. The van der Waals surface area contributed by atoms with E-state index in [0.29, 0.717) is 18.8 Å².